The predicted molar refractivity (Wildman–Crippen MR) is 72.1 cm³/mol. The van der Waals surface area contributed by atoms with E-state index in [0.717, 1.165) is 18.8 Å². The summed E-state index contributed by atoms with van der Waals surface area (Å²) < 4.78 is 7.30. The van der Waals surface area contributed by atoms with Crippen molar-refractivity contribution in [1.82, 2.24) is 15.1 Å². The highest BCUT2D eigenvalue weighted by Crippen LogP contribution is 2.32. The van der Waals surface area contributed by atoms with E-state index in [9.17, 15) is 0 Å². The summed E-state index contributed by atoms with van der Waals surface area (Å²) in [4.78, 5) is 0. The van der Waals surface area contributed by atoms with Crippen molar-refractivity contribution in [3.8, 4) is 5.75 Å². The molecule has 1 N–H and O–H groups in total. The summed E-state index contributed by atoms with van der Waals surface area (Å²) in [5.74, 6) is 1.48. The lowest BCUT2D eigenvalue weighted by atomic mass is 9.92. The summed E-state index contributed by atoms with van der Waals surface area (Å²) in [7, 11) is 3.72. The number of nitrogens with one attached hydrogen (secondary N) is 1. The topological polar surface area (TPSA) is 39.1 Å². The molecule has 4 heteroatoms. The van der Waals surface area contributed by atoms with Crippen LogP contribution in [0.1, 0.15) is 24.5 Å². The van der Waals surface area contributed by atoms with Crippen molar-refractivity contribution in [1.29, 1.82) is 0 Å². The Kier molecular flexibility index (Phi) is 2.96. The average Bonchev–Trinajstić information content (AvgIpc) is 2.76. The van der Waals surface area contributed by atoms with Gasteiger partial charge in [-0.1, -0.05) is 0 Å². The molecule has 0 saturated carbocycles. The molecule has 0 spiro atoms. The number of aryl methyl sites for hydroxylation is 1. The maximum absolute atomic E-state index is 5.32. The fourth-order valence-corrected chi connectivity index (χ4v) is 2.80. The van der Waals surface area contributed by atoms with Crippen LogP contribution in [0.15, 0.2) is 18.2 Å². The first-order valence-corrected chi connectivity index (χ1v) is 6.51. The zero-order chi connectivity index (χ0) is 12.5. The Balaban J connectivity index is 2.09. The van der Waals surface area contributed by atoms with Crippen LogP contribution in [-0.2, 0) is 7.05 Å². The molecule has 4 nitrogen and oxygen atoms in total. The molecule has 0 aliphatic carbocycles. The van der Waals surface area contributed by atoms with Gasteiger partial charge in [0.1, 0.15) is 5.75 Å². The lowest BCUT2D eigenvalue weighted by Gasteiger charge is -2.21. The summed E-state index contributed by atoms with van der Waals surface area (Å²) in [6, 6.07) is 6.20. The Hall–Kier alpha value is -1.55. The van der Waals surface area contributed by atoms with Crippen molar-refractivity contribution in [3.63, 3.8) is 0 Å². The summed E-state index contributed by atoms with van der Waals surface area (Å²) in [6.07, 6.45) is 2.34. The Morgan fingerprint density at radius 1 is 1.33 bits per heavy atom. The van der Waals surface area contributed by atoms with Gasteiger partial charge in [0.25, 0.3) is 0 Å². The number of methoxy groups -OCH3 is 1. The second-order valence-electron chi connectivity index (χ2n) is 4.92. The average molecular weight is 245 g/mol. The van der Waals surface area contributed by atoms with Crippen LogP contribution in [0.3, 0.4) is 0 Å². The monoisotopic (exact) mass is 245 g/mol. The molecule has 1 aliphatic rings. The lowest BCUT2D eigenvalue weighted by molar-refractivity contribution is 0.415. The van der Waals surface area contributed by atoms with Gasteiger partial charge in [-0.05, 0) is 44.1 Å². The smallest absolute Gasteiger partial charge is 0.119 e. The van der Waals surface area contributed by atoms with Crippen LogP contribution < -0.4 is 10.1 Å². The second kappa shape index (κ2) is 4.61. The van der Waals surface area contributed by atoms with Crippen LogP contribution in [-0.4, -0.2) is 30.0 Å². The van der Waals surface area contributed by atoms with Gasteiger partial charge in [0.2, 0.25) is 0 Å². The van der Waals surface area contributed by atoms with Gasteiger partial charge in [0.05, 0.1) is 18.3 Å². The Morgan fingerprint density at radius 3 is 2.83 bits per heavy atom. The molecule has 3 rings (SSSR count). The van der Waals surface area contributed by atoms with Gasteiger partial charge in [-0.2, -0.15) is 5.10 Å². The van der Waals surface area contributed by atoms with Crippen molar-refractivity contribution >= 4 is 10.9 Å². The SMILES string of the molecule is COc1ccc2c(c1)c(C1CCNCC1)nn2C. The van der Waals surface area contributed by atoms with Crippen LogP contribution in [0.25, 0.3) is 10.9 Å². The van der Waals surface area contributed by atoms with Gasteiger partial charge < -0.3 is 10.1 Å². The number of ether oxygens (including phenoxy) is 1. The van der Waals surface area contributed by atoms with Crippen molar-refractivity contribution in [3.05, 3.63) is 23.9 Å². The van der Waals surface area contributed by atoms with Gasteiger partial charge in [-0.15, -0.1) is 0 Å². The highest BCUT2D eigenvalue weighted by Gasteiger charge is 2.21. The largest absolute Gasteiger partial charge is 0.497 e. The number of fused-ring (bicyclic) bond motifs is 1. The molecule has 1 fully saturated rings. The molecule has 96 valence electrons. The van der Waals surface area contributed by atoms with Crippen molar-refractivity contribution < 1.29 is 4.74 Å². The maximum Gasteiger partial charge on any atom is 0.119 e. The van der Waals surface area contributed by atoms with Crippen LogP contribution in [0.2, 0.25) is 0 Å². The van der Waals surface area contributed by atoms with Gasteiger partial charge in [-0.3, -0.25) is 4.68 Å². The van der Waals surface area contributed by atoms with E-state index in [4.69, 9.17) is 9.84 Å². The third-order valence-corrected chi connectivity index (χ3v) is 3.81. The molecule has 1 aliphatic heterocycles. The van der Waals surface area contributed by atoms with Gasteiger partial charge in [0, 0.05) is 18.4 Å². The highest BCUT2D eigenvalue weighted by atomic mass is 16.5. The van der Waals surface area contributed by atoms with E-state index in [1.165, 1.54) is 29.4 Å². The number of hydrogen-bond donors (Lipinski definition) is 1. The molecule has 0 atom stereocenters. The molecular formula is C14H19N3O. The van der Waals surface area contributed by atoms with Crippen molar-refractivity contribution in [2.75, 3.05) is 20.2 Å². The maximum atomic E-state index is 5.32. The molecule has 0 bridgehead atoms. The summed E-state index contributed by atoms with van der Waals surface area (Å²) in [6.45, 7) is 2.18. The second-order valence-corrected chi connectivity index (χ2v) is 4.92. The fraction of sp³-hybridized carbons (Fsp3) is 0.500. The van der Waals surface area contributed by atoms with E-state index >= 15 is 0 Å². The number of benzene rings is 1. The number of nitrogens with zero attached hydrogens (tertiary/aromatic N) is 2. The first-order chi connectivity index (χ1) is 8.79. The van der Waals surface area contributed by atoms with E-state index in [1.807, 2.05) is 17.8 Å². The predicted octanol–water partition coefficient (Wildman–Crippen LogP) is 2.05. The quantitative estimate of drug-likeness (QED) is 0.880. The number of rotatable bonds is 2. The zero-order valence-corrected chi connectivity index (χ0v) is 10.9. The van der Waals surface area contributed by atoms with E-state index in [2.05, 4.69) is 17.4 Å². The fourth-order valence-electron chi connectivity index (χ4n) is 2.80. The minimum atomic E-state index is 0.571. The molecule has 2 heterocycles. The first-order valence-electron chi connectivity index (χ1n) is 6.51. The molecule has 0 radical (unpaired) electrons. The highest BCUT2D eigenvalue weighted by molar-refractivity contribution is 5.84. The van der Waals surface area contributed by atoms with E-state index < -0.39 is 0 Å². The number of hydrogen-bond acceptors (Lipinski definition) is 3. The van der Waals surface area contributed by atoms with Crippen LogP contribution in [0.4, 0.5) is 0 Å². The summed E-state index contributed by atoms with van der Waals surface area (Å²) >= 11 is 0. The lowest BCUT2D eigenvalue weighted by Crippen LogP contribution is -2.26. The summed E-state index contributed by atoms with van der Waals surface area (Å²) in [5.41, 5.74) is 2.41. The van der Waals surface area contributed by atoms with Crippen LogP contribution in [0, 0.1) is 0 Å². The number of piperidine rings is 1. The Bertz CT molecular complexity index is 555. The van der Waals surface area contributed by atoms with Crippen molar-refractivity contribution in [2.45, 2.75) is 18.8 Å². The first kappa shape index (κ1) is 11.5. The molecule has 1 aromatic carbocycles. The molecule has 0 unspecified atom stereocenters. The van der Waals surface area contributed by atoms with Gasteiger partial charge >= 0.3 is 0 Å². The van der Waals surface area contributed by atoms with E-state index in [0.29, 0.717) is 5.92 Å². The normalized spacial score (nSPS) is 17.2. The molecule has 0 amide bonds. The van der Waals surface area contributed by atoms with Gasteiger partial charge in [0.15, 0.2) is 0 Å². The molecular weight excluding hydrogens is 226 g/mol. The third-order valence-electron chi connectivity index (χ3n) is 3.81. The molecule has 1 aromatic heterocycles. The standard InChI is InChI=1S/C14H19N3O/c1-17-13-4-3-11(18-2)9-12(13)14(16-17)10-5-7-15-8-6-10/h3-4,9-10,15H,5-8H2,1-2H3. The van der Waals surface area contributed by atoms with Crippen LogP contribution in [0.5, 0.6) is 5.75 Å². The minimum Gasteiger partial charge on any atom is -0.497 e. The van der Waals surface area contributed by atoms with Crippen molar-refractivity contribution in [2.24, 2.45) is 7.05 Å². The van der Waals surface area contributed by atoms with Crippen LogP contribution >= 0.6 is 0 Å². The molecule has 2 aromatic rings. The minimum absolute atomic E-state index is 0.571. The summed E-state index contributed by atoms with van der Waals surface area (Å²) in [5, 5.41) is 9.36. The van der Waals surface area contributed by atoms with Gasteiger partial charge in [-0.25, -0.2) is 0 Å². The molecule has 1 saturated heterocycles. The Labute approximate surface area is 107 Å². The third kappa shape index (κ3) is 1.86. The van der Waals surface area contributed by atoms with E-state index in [-0.39, 0.29) is 0 Å². The zero-order valence-electron chi connectivity index (χ0n) is 10.9. The Morgan fingerprint density at radius 2 is 2.11 bits per heavy atom. The van der Waals surface area contributed by atoms with E-state index in [1.54, 1.807) is 7.11 Å². The molecule has 18 heavy (non-hydrogen) atoms. The number of aromatic nitrogens is 2.